The smallest absolute Gasteiger partial charge is 0.213 e. The first-order valence-electron chi connectivity index (χ1n) is 3.64. The second-order valence-electron chi connectivity index (χ2n) is 2.42. The van der Waals surface area contributed by atoms with Gasteiger partial charge < -0.3 is 15.6 Å². The molecule has 82 valence electrons. The number of aromatic nitrogens is 1. The van der Waals surface area contributed by atoms with Crippen molar-refractivity contribution in [3.05, 3.63) is 23.9 Å². The second kappa shape index (κ2) is 7.82. The molecule has 0 saturated heterocycles. The van der Waals surface area contributed by atoms with Crippen molar-refractivity contribution >= 4 is 24.8 Å². The Morgan fingerprint density at radius 1 is 1.57 bits per heavy atom. The van der Waals surface area contributed by atoms with E-state index in [0.717, 1.165) is 5.56 Å². The van der Waals surface area contributed by atoms with Crippen LogP contribution in [0.5, 0.6) is 5.88 Å². The summed E-state index contributed by atoms with van der Waals surface area (Å²) in [5.74, 6) is 0.511. The van der Waals surface area contributed by atoms with Gasteiger partial charge in [-0.25, -0.2) is 4.98 Å². The highest BCUT2D eigenvalue weighted by molar-refractivity contribution is 5.85. The molecule has 1 atom stereocenters. The molecule has 0 amide bonds. The molecule has 0 unspecified atom stereocenters. The van der Waals surface area contributed by atoms with Crippen LogP contribution in [0.2, 0.25) is 0 Å². The normalized spacial score (nSPS) is 10.8. The average molecular weight is 241 g/mol. The monoisotopic (exact) mass is 240 g/mol. The zero-order valence-corrected chi connectivity index (χ0v) is 9.35. The first-order valence-corrected chi connectivity index (χ1v) is 3.64. The molecular weight excluding hydrogens is 227 g/mol. The lowest BCUT2D eigenvalue weighted by Gasteiger charge is -2.08. The zero-order valence-electron chi connectivity index (χ0n) is 7.71. The van der Waals surface area contributed by atoms with E-state index in [9.17, 15) is 0 Å². The summed E-state index contributed by atoms with van der Waals surface area (Å²) in [7, 11) is 1.54. The van der Waals surface area contributed by atoms with Crippen LogP contribution in [0.25, 0.3) is 0 Å². The first kappa shape index (κ1) is 15.9. The third-order valence-electron chi connectivity index (χ3n) is 1.59. The fraction of sp³-hybridized carbons (Fsp3) is 0.375. The van der Waals surface area contributed by atoms with Crippen molar-refractivity contribution in [1.29, 1.82) is 0 Å². The highest BCUT2D eigenvalue weighted by Crippen LogP contribution is 2.13. The number of aliphatic hydroxyl groups is 1. The molecule has 0 aliphatic carbocycles. The summed E-state index contributed by atoms with van der Waals surface area (Å²) < 4.78 is 4.90. The van der Waals surface area contributed by atoms with Crippen molar-refractivity contribution in [3.63, 3.8) is 0 Å². The molecule has 3 N–H and O–H groups in total. The lowest BCUT2D eigenvalue weighted by Crippen LogP contribution is -2.14. The van der Waals surface area contributed by atoms with Crippen LogP contribution in [0.3, 0.4) is 0 Å². The standard InChI is InChI=1S/C8H12N2O2.2ClH/c1-12-8-4-6(2-3-10-8)7(9)5-11;;/h2-4,7,11H,5,9H2,1H3;2*1H/t7-;;/m1../s1. The Bertz CT molecular complexity index is 261. The van der Waals surface area contributed by atoms with E-state index in [-0.39, 0.29) is 37.5 Å². The van der Waals surface area contributed by atoms with E-state index < -0.39 is 0 Å². The largest absolute Gasteiger partial charge is 0.481 e. The van der Waals surface area contributed by atoms with Crippen LogP contribution >= 0.6 is 24.8 Å². The number of hydrogen-bond donors (Lipinski definition) is 2. The molecule has 14 heavy (non-hydrogen) atoms. The van der Waals surface area contributed by atoms with Gasteiger partial charge in [0.15, 0.2) is 0 Å². The lowest BCUT2D eigenvalue weighted by molar-refractivity contribution is 0.267. The molecule has 1 rings (SSSR count). The van der Waals surface area contributed by atoms with E-state index in [0.29, 0.717) is 5.88 Å². The Hall–Kier alpha value is -0.550. The molecule has 0 saturated carbocycles. The quantitative estimate of drug-likeness (QED) is 0.825. The molecule has 0 aromatic carbocycles. The highest BCUT2D eigenvalue weighted by Gasteiger charge is 2.04. The number of halogens is 2. The summed E-state index contributed by atoms with van der Waals surface area (Å²) in [6.07, 6.45) is 1.60. The maximum Gasteiger partial charge on any atom is 0.213 e. The van der Waals surface area contributed by atoms with Gasteiger partial charge in [-0.2, -0.15) is 0 Å². The fourth-order valence-corrected chi connectivity index (χ4v) is 0.872. The van der Waals surface area contributed by atoms with E-state index in [1.54, 1.807) is 18.3 Å². The minimum Gasteiger partial charge on any atom is -0.481 e. The predicted molar refractivity (Wildman–Crippen MR) is 59.3 cm³/mol. The van der Waals surface area contributed by atoms with Crippen LogP contribution in [0.1, 0.15) is 11.6 Å². The Morgan fingerprint density at radius 2 is 2.21 bits per heavy atom. The molecule has 1 aromatic heterocycles. The van der Waals surface area contributed by atoms with Crippen LogP contribution in [0, 0.1) is 0 Å². The SMILES string of the molecule is COc1cc([C@H](N)CO)ccn1.Cl.Cl. The van der Waals surface area contributed by atoms with Gasteiger partial charge in [0, 0.05) is 12.3 Å². The van der Waals surface area contributed by atoms with Crippen molar-refractivity contribution in [2.45, 2.75) is 6.04 Å². The fourth-order valence-electron chi connectivity index (χ4n) is 0.872. The van der Waals surface area contributed by atoms with Gasteiger partial charge in [-0.05, 0) is 11.6 Å². The van der Waals surface area contributed by atoms with Crippen molar-refractivity contribution in [2.75, 3.05) is 13.7 Å². The summed E-state index contributed by atoms with van der Waals surface area (Å²) in [5, 5.41) is 8.77. The zero-order chi connectivity index (χ0) is 8.97. The van der Waals surface area contributed by atoms with E-state index in [2.05, 4.69) is 4.98 Å². The number of nitrogens with two attached hydrogens (primary N) is 1. The Morgan fingerprint density at radius 3 is 2.71 bits per heavy atom. The molecule has 1 heterocycles. The Kier molecular flexibility index (Phi) is 8.88. The minimum atomic E-state index is -0.359. The molecular formula is C8H14Cl2N2O2. The number of pyridine rings is 1. The number of methoxy groups -OCH3 is 1. The van der Waals surface area contributed by atoms with E-state index in [1.807, 2.05) is 0 Å². The second-order valence-corrected chi connectivity index (χ2v) is 2.42. The molecule has 6 heteroatoms. The number of nitrogens with zero attached hydrogens (tertiary/aromatic N) is 1. The van der Waals surface area contributed by atoms with Crippen LogP contribution < -0.4 is 10.5 Å². The van der Waals surface area contributed by atoms with Gasteiger partial charge in [0.05, 0.1) is 19.8 Å². The molecule has 0 bridgehead atoms. The Labute approximate surface area is 95.3 Å². The molecule has 0 spiro atoms. The van der Waals surface area contributed by atoms with Crippen molar-refractivity contribution in [2.24, 2.45) is 5.73 Å². The van der Waals surface area contributed by atoms with Gasteiger partial charge in [0.2, 0.25) is 5.88 Å². The molecule has 0 radical (unpaired) electrons. The summed E-state index contributed by atoms with van der Waals surface area (Å²) in [5.41, 5.74) is 6.41. The van der Waals surface area contributed by atoms with Crippen molar-refractivity contribution in [3.8, 4) is 5.88 Å². The van der Waals surface area contributed by atoms with E-state index >= 15 is 0 Å². The van der Waals surface area contributed by atoms with Gasteiger partial charge in [0.25, 0.3) is 0 Å². The van der Waals surface area contributed by atoms with Crippen LogP contribution in [0.4, 0.5) is 0 Å². The highest BCUT2D eigenvalue weighted by atomic mass is 35.5. The molecule has 0 aliphatic rings. The third kappa shape index (κ3) is 4.11. The Balaban J connectivity index is 0. The van der Waals surface area contributed by atoms with E-state index in [1.165, 1.54) is 7.11 Å². The molecule has 1 aromatic rings. The van der Waals surface area contributed by atoms with Crippen molar-refractivity contribution < 1.29 is 9.84 Å². The van der Waals surface area contributed by atoms with Crippen molar-refractivity contribution in [1.82, 2.24) is 4.98 Å². The van der Waals surface area contributed by atoms with Gasteiger partial charge in [-0.15, -0.1) is 24.8 Å². The maximum atomic E-state index is 8.77. The van der Waals surface area contributed by atoms with Gasteiger partial charge in [-0.3, -0.25) is 0 Å². The number of rotatable bonds is 3. The number of hydrogen-bond acceptors (Lipinski definition) is 4. The predicted octanol–water partition coefficient (Wildman–Crippen LogP) is 0.926. The molecule has 0 fully saturated rings. The summed E-state index contributed by atoms with van der Waals surface area (Å²) >= 11 is 0. The maximum absolute atomic E-state index is 8.77. The first-order chi connectivity index (χ1) is 5.77. The van der Waals surface area contributed by atoms with Crippen LogP contribution in [0.15, 0.2) is 18.3 Å². The van der Waals surface area contributed by atoms with Crippen LogP contribution in [-0.2, 0) is 0 Å². The van der Waals surface area contributed by atoms with E-state index in [4.69, 9.17) is 15.6 Å². The third-order valence-corrected chi connectivity index (χ3v) is 1.59. The summed E-state index contributed by atoms with van der Waals surface area (Å²) in [4.78, 5) is 3.92. The molecule has 4 nitrogen and oxygen atoms in total. The summed E-state index contributed by atoms with van der Waals surface area (Å²) in [6, 6.07) is 3.10. The number of aliphatic hydroxyl groups excluding tert-OH is 1. The lowest BCUT2D eigenvalue weighted by atomic mass is 10.1. The van der Waals surface area contributed by atoms with Crippen LogP contribution in [-0.4, -0.2) is 23.8 Å². The molecule has 0 aliphatic heterocycles. The van der Waals surface area contributed by atoms with Gasteiger partial charge >= 0.3 is 0 Å². The number of ether oxygens (including phenoxy) is 1. The minimum absolute atomic E-state index is 0. The average Bonchev–Trinajstić information content (AvgIpc) is 2.17. The summed E-state index contributed by atoms with van der Waals surface area (Å²) in [6.45, 7) is -0.0762. The topological polar surface area (TPSA) is 68.4 Å². The van der Waals surface area contributed by atoms with Gasteiger partial charge in [0.1, 0.15) is 0 Å². The van der Waals surface area contributed by atoms with Gasteiger partial charge in [-0.1, -0.05) is 0 Å².